The molecule has 76 valence electrons. The second-order valence-corrected chi connectivity index (χ2v) is 3.78. The topological polar surface area (TPSA) is 42.4 Å². The third kappa shape index (κ3) is 2.45. The SMILES string of the molecule is OCC(COc1cccnc1)C1CC1. The molecule has 1 aromatic rings. The highest BCUT2D eigenvalue weighted by Crippen LogP contribution is 2.36. The first-order valence-electron chi connectivity index (χ1n) is 5.04. The van der Waals surface area contributed by atoms with Gasteiger partial charge in [-0.2, -0.15) is 0 Å². The van der Waals surface area contributed by atoms with Gasteiger partial charge in [-0.15, -0.1) is 0 Å². The molecule has 0 bridgehead atoms. The Kier molecular flexibility index (Phi) is 2.99. The number of aliphatic hydroxyl groups excluding tert-OH is 1. The number of rotatable bonds is 5. The van der Waals surface area contributed by atoms with Crippen LogP contribution in [0.5, 0.6) is 5.75 Å². The van der Waals surface area contributed by atoms with Gasteiger partial charge in [0.25, 0.3) is 0 Å². The minimum absolute atomic E-state index is 0.227. The van der Waals surface area contributed by atoms with Crippen LogP contribution in [0.1, 0.15) is 12.8 Å². The van der Waals surface area contributed by atoms with Crippen molar-refractivity contribution < 1.29 is 9.84 Å². The van der Waals surface area contributed by atoms with Crippen LogP contribution >= 0.6 is 0 Å². The molecule has 1 unspecified atom stereocenters. The number of aliphatic hydroxyl groups is 1. The molecule has 1 saturated carbocycles. The lowest BCUT2D eigenvalue weighted by molar-refractivity contribution is 0.147. The Bertz CT molecular complexity index is 272. The summed E-state index contributed by atoms with van der Waals surface area (Å²) in [4.78, 5) is 3.96. The van der Waals surface area contributed by atoms with Gasteiger partial charge in [-0.25, -0.2) is 0 Å². The quantitative estimate of drug-likeness (QED) is 0.770. The van der Waals surface area contributed by atoms with Gasteiger partial charge in [-0.3, -0.25) is 4.98 Å². The fourth-order valence-electron chi connectivity index (χ4n) is 1.54. The summed E-state index contributed by atoms with van der Waals surface area (Å²) in [6, 6.07) is 3.73. The van der Waals surface area contributed by atoms with E-state index in [1.54, 1.807) is 12.4 Å². The van der Waals surface area contributed by atoms with E-state index in [1.807, 2.05) is 12.1 Å². The first kappa shape index (κ1) is 9.46. The summed E-state index contributed by atoms with van der Waals surface area (Å²) in [5, 5.41) is 9.12. The maximum Gasteiger partial charge on any atom is 0.137 e. The van der Waals surface area contributed by atoms with Gasteiger partial charge in [-0.1, -0.05) is 0 Å². The Morgan fingerprint density at radius 2 is 2.43 bits per heavy atom. The molecule has 0 amide bonds. The van der Waals surface area contributed by atoms with E-state index >= 15 is 0 Å². The summed E-state index contributed by atoms with van der Waals surface area (Å²) in [7, 11) is 0. The van der Waals surface area contributed by atoms with E-state index in [0.29, 0.717) is 18.4 Å². The fourth-order valence-corrected chi connectivity index (χ4v) is 1.54. The van der Waals surface area contributed by atoms with Crippen LogP contribution in [0.2, 0.25) is 0 Å². The lowest BCUT2D eigenvalue weighted by Gasteiger charge is -2.13. The van der Waals surface area contributed by atoms with Crippen molar-refractivity contribution in [1.29, 1.82) is 0 Å². The van der Waals surface area contributed by atoms with Gasteiger partial charge in [0.2, 0.25) is 0 Å². The van der Waals surface area contributed by atoms with Gasteiger partial charge in [-0.05, 0) is 30.9 Å². The van der Waals surface area contributed by atoms with Gasteiger partial charge in [0.05, 0.1) is 12.8 Å². The van der Waals surface area contributed by atoms with Gasteiger partial charge >= 0.3 is 0 Å². The molecule has 1 aliphatic carbocycles. The summed E-state index contributed by atoms with van der Waals surface area (Å²) in [5.41, 5.74) is 0. The standard InChI is InChI=1S/C11H15NO2/c13-7-10(9-3-4-9)8-14-11-2-1-5-12-6-11/h1-2,5-6,9-10,13H,3-4,7-8H2. The second-order valence-electron chi connectivity index (χ2n) is 3.78. The van der Waals surface area contributed by atoms with Crippen LogP contribution in [0.15, 0.2) is 24.5 Å². The minimum Gasteiger partial charge on any atom is -0.492 e. The highest BCUT2D eigenvalue weighted by molar-refractivity contribution is 5.15. The Balaban J connectivity index is 1.81. The predicted octanol–water partition coefficient (Wildman–Crippen LogP) is 1.48. The molecule has 0 aromatic carbocycles. The van der Waals surface area contributed by atoms with Crippen molar-refractivity contribution in [3.8, 4) is 5.75 Å². The Labute approximate surface area is 83.7 Å². The van der Waals surface area contributed by atoms with E-state index in [0.717, 1.165) is 5.75 Å². The normalized spacial score (nSPS) is 17.8. The van der Waals surface area contributed by atoms with Gasteiger partial charge < -0.3 is 9.84 Å². The summed E-state index contributed by atoms with van der Waals surface area (Å²) in [6.07, 6.45) is 5.89. The molecule has 1 N–H and O–H groups in total. The largest absolute Gasteiger partial charge is 0.492 e. The lowest BCUT2D eigenvalue weighted by Crippen LogP contribution is -2.18. The third-order valence-corrected chi connectivity index (χ3v) is 2.62. The number of nitrogens with zero attached hydrogens (tertiary/aromatic N) is 1. The summed E-state index contributed by atoms with van der Waals surface area (Å²) >= 11 is 0. The maximum absolute atomic E-state index is 9.12. The van der Waals surface area contributed by atoms with Crippen molar-refractivity contribution in [1.82, 2.24) is 4.98 Å². The second kappa shape index (κ2) is 4.42. The van der Waals surface area contributed by atoms with Crippen molar-refractivity contribution >= 4 is 0 Å². The average Bonchev–Trinajstić information content (AvgIpc) is 3.05. The van der Waals surface area contributed by atoms with Crippen LogP contribution < -0.4 is 4.74 Å². The van der Waals surface area contributed by atoms with Gasteiger partial charge in [0.1, 0.15) is 5.75 Å². The molecule has 3 nitrogen and oxygen atoms in total. The highest BCUT2D eigenvalue weighted by atomic mass is 16.5. The van der Waals surface area contributed by atoms with Crippen LogP contribution in [0.25, 0.3) is 0 Å². The van der Waals surface area contributed by atoms with Crippen molar-refractivity contribution in [2.24, 2.45) is 11.8 Å². The van der Waals surface area contributed by atoms with Crippen LogP contribution in [0, 0.1) is 11.8 Å². The number of hydrogen-bond acceptors (Lipinski definition) is 3. The van der Waals surface area contributed by atoms with Crippen molar-refractivity contribution in [3.05, 3.63) is 24.5 Å². The highest BCUT2D eigenvalue weighted by Gasteiger charge is 2.30. The molecule has 1 heterocycles. The zero-order valence-corrected chi connectivity index (χ0v) is 8.10. The number of aromatic nitrogens is 1. The molecule has 1 aromatic heterocycles. The lowest BCUT2D eigenvalue weighted by atomic mass is 10.1. The maximum atomic E-state index is 9.12. The number of pyridine rings is 1. The third-order valence-electron chi connectivity index (χ3n) is 2.62. The van der Waals surface area contributed by atoms with Crippen LogP contribution in [-0.2, 0) is 0 Å². The van der Waals surface area contributed by atoms with Gasteiger partial charge in [0, 0.05) is 18.7 Å². The van der Waals surface area contributed by atoms with Crippen LogP contribution in [0.4, 0.5) is 0 Å². The van der Waals surface area contributed by atoms with Crippen LogP contribution in [-0.4, -0.2) is 23.3 Å². The molecule has 1 aliphatic rings. The monoisotopic (exact) mass is 193 g/mol. The van der Waals surface area contributed by atoms with E-state index in [-0.39, 0.29) is 6.61 Å². The van der Waals surface area contributed by atoms with E-state index in [9.17, 15) is 0 Å². The Morgan fingerprint density at radius 3 is 3.00 bits per heavy atom. The summed E-state index contributed by atoms with van der Waals surface area (Å²) in [6.45, 7) is 0.831. The van der Waals surface area contributed by atoms with E-state index in [2.05, 4.69) is 4.98 Å². The molecule has 1 atom stereocenters. The van der Waals surface area contributed by atoms with Crippen molar-refractivity contribution in [2.75, 3.05) is 13.2 Å². The van der Waals surface area contributed by atoms with E-state index in [4.69, 9.17) is 9.84 Å². The van der Waals surface area contributed by atoms with Crippen molar-refractivity contribution in [3.63, 3.8) is 0 Å². The van der Waals surface area contributed by atoms with Crippen molar-refractivity contribution in [2.45, 2.75) is 12.8 Å². The number of ether oxygens (including phenoxy) is 1. The zero-order chi connectivity index (χ0) is 9.80. The molecule has 0 saturated heterocycles. The molecular formula is C11H15NO2. The first-order chi connectivity index (χ1) is 6.90. The molecular weight excluding hydrogens is 178 g/mol. The number of hydrogen-bond donors (Lipinski definition) is 1. The fraction of sp³-hybridized carbons (Fsp3) is 0.545. The summed E-state index contributed by atoms with van der Waals surface area (Å²) < 4.78 is 5.54. The minimum atomic E-state index is 0.227. The van der Waals surface area contributed by atoms with Gasteiger partial charge in [0.15, 0.2) is 0 Å². The smallest absolute Gasteiger partial charge is 0.137 e. The predicted molar refractivity (Wildman–Crippen MR) is 53.0 cm³/mol. The molecule has 14 heavy (non-hydrogen) atoms. The first-order valence-corrected chi connectivity index (χ1v) is 5.04. The molecule has 0 radical (unpaired) electrons. The Morgan fingerprint density at radius 1 is 1.57 bits per heavy atom. The molecule has 0 spiro atoms. The average molecular weight is 193 g/mol. The summed E-state index contributed by atoms with van der Waals surface area (Å²) in [5.74, 6) is 1.76. The molecule has 3 heteroatoms. The molecule has 2 rings (SSSR count). The van der Waals surface area contributed by atoms with Crippen LogP contribution in [0.3, 0.4) is 0 Å². The molecule has 1 fully saturated rings. The molecule has 0 aliphatic heterocycles. The van der Waals surface area contributed by atoms with E-state index < -0.39 is 0 Å². The van der Waals surface area contributed by atoms with E-state index in [1.165, 1.54) is 12.8 Å². The zero-order valence-electron chi connectivity index (χ0n) is 8.10. The Hall–Kier alpha value is -1.09.